The van der Waals surface area contributed by atoms with Crippen LogP contribution < -0.4 is 5.32 Å². The molecule has 0 bridgehead atoms. The van der Waals surface area contributed by atoms with Crippen LogP contribution in [0.4, 0.5) is 4.79 Å². The van der Waals surface area contributed by atoms with Gasteiger partial charge in [-0.2, -0.15) is 0 Å². The molecule has 1 aliphatic heterocycles. The van der Waals surface area contributed by atoms with Crippen molar-refractivity contribution >= 4 is 12.0 Å². The Morgan fingerprint density at radius 3 is 2.88 bits per heavy atom. The van der Waals surface area contributed by atoms with Crippen LogP contribution in [0.2, 0.25) is 0 Å². The third kappa shape index (κ3) is 3.73. The number of benzene rings is 1. The Balaban J connectivity index is 1.55. The van der Waals surface area contributed by atoms with Gasteiger partial charge in [-0.3, -0.25) is 4.79 Å². The molecule has 2 aromatic rings. The highest BCUT2D eigenvalue weighted by molar-refractivity contribution is 5.76. The molecule has 2 heterocycles. The highest BCUT2D eigenvalue weighted by Gasteiger charge is 2.28. The lowest BCUT2D eigenvalue weighted by Crippen LogP contribution is -2.46. The van der Waals surface area contributed by atoms with Gasteiger partial charge in [-0.1, -0.05) is 18.2 Å². The molecule has 1 aromatic heterocycles. The maximum atomic E-state index is 12.2. The molecule has 2 amide bonds. The minimum atomic E-state index is -0.850. The molecule has 0 radical (unpaired) electrons. The van der Waals surface area contributed by atoms with E-state index in [0.717, 1.165) is 5.56 Å². The molecular weight excluding hydrogens is 310 g/mol. The van der Waals surface area contributed by atoms with Gasteiger partial charge in [0.1, 0.15) is 6.26 Å². The molecule has 0 spiro atoms. The number of aliphatic carboxylic acids is 1. The van der Waals surface area contributed by atoms with Crippen LogP contribution in [-0.4, -0.2) is 40.1 Å². The smallest absolute Gasteiger partial charge is 0.317 e. The third-order valence-electron chi connectivity index (χ3n) is 4.05. The van der Waals surface area contributed by atoms with E-state index in [4.69, 9.17) is 9.52 Å². The van der Waals surface area contributed by atoms with Crippen LogP contribution >= 0.6 is 0 Å². The van der Waals surface area contributed by atoms with Crippen LogP contribution in [0.1, 0.15) is 18.5 Å². The van der Waals surface area contributed by atoms with Crippen molar-refractivity contribution in [3.05, 3.63) is 42.3 Å². The van der Waals surface area contributed by atoms with Crippen molar-refractivity contribution in [3.63, 3.8) is 0 Å². The lowest BCUT2D eigenvalue weighted by atomic mass is 9.99. The number of carbonyl (C=O) groups is 2. The van der Waals surface area contributed by atoms with Crippen LogP contribution in [0.3, 0.4) is 0 Å². The summed E-state index contributed by atoms with van der Waals surface area (Å²) in [5, 5.41) is 11.8. The van der Waals surface area contributed by atoms with Crippen molar-refractivity contribution in [2.24, 2.45) is 5.92 Å². The standard InChI is InChI=1S/C17H19N3O4/c21-16(22)13-7-4-8-20(10-13)17(23)18-9-14-11-24-15(19-14)12-5-2-1-3-6-12/h1-3,5-6,11,13H,4,7-10H2,(H,18,23)(H,21,22). The number of oxazole rings is 1. The normalized spacial score (nSPS) is 17.5. The summed E-state index contributed by atoms with van der Waals surface area (Å²) >= 11 is 0. The zero-order valence-corrected chi connectivity index (χ0v) is 13.1. The van der Waals surface area contributed by atoms with Crippen LogP contribution in [-0.2, 0) is 11.3 Å². The number of nitrogens with one attached hydrogen (secondary N) is 1. The number of hydrogen-bond donors (Lipinski definition) is 2. The molecular formula is C17H19N3O4. The van der Waals surface area contributed by atoms with Crippen LogP contribution in [0.25, 0.3) is 11.5 Å². The summed E-state index contributed by atoms with van der Waals surface area (Å²) < 4.78 is 5.42. The van der Waals surface area contributed by atoms with Gasteiger partial charge >= 0.3 is 12.0 Å². The van der Waals surface area contributed by atoms with E-state index < -0.39 is 11.9 Å². The summed E-state index contributed by atoms with van der Waals surface area (Å²) in [6, 6.07) is 9.23. The maximum Gasteiger partial charge on any atom is 0.317 e. The monoisotopic (exact) mass is 329 g/mol. The molecule has 0 aliphatic carbocycles. The molecule has 2 N–H and O–H groups in total. The van der Waals surface area contributed by atoms with E-state index in [1.807, 2.05) is 30.3 Å². The van der Waals surface area contributed by atoms with E-state index in [0.29, 0.717) is 31.0 Å². The topological polar surface area (TPSA) is 95.7 Å². The first-order valence-electron chi connectivity index (χ1n) is 7.89. The second-order valence-corrected chi connectivity index (χ2v) is 5.79. The van der Waals surface area contributed by atoms with Gasteiger partial charge < -0.3 is 19.7 Å². The maximum absolute atomic E-state index is 12.2. The predicted molar refractivity (Wildman–Crippen MR) is 86.1 cm³/mol. The first-order valence-corrected chi connectivity index (χ1v) is 7.89. The van der Waals surface area contributed by atoms with Gasteiger partial charge in [-0.15, -0.1) is 0 Å². The first kappa shape index (κ1) is 16.0. The zero-order chi connectivity index (χ0) is 16.9. The van der Waals surface area contributed by atoms with E-state index in [1.54, 1.807) is 4.90 Å². The number of aromatic nitrogens is 1. The number of piperidine rings is 1. The summed E-state index contributed by atoms with van der Waals surface area (Å²) in [4.78, 5) is 29.1. The van der Waals surface area contributed by atoms with Gasteiger partial charge in [0.05, 0.1) is 18.2 Å². The molecule has 1 fully saturated rings. The van der Waals surface area contributed by atoms with Crippen LogP contribution in [0, 0.1) is 5.92 Å². The average molecular weight is 329 g/mol. The van der Waals surface area contributed by atoms with Crippen molar-refractivity contribution in [1.82, 2.24) is 15.2 Å². The molecule has 1 atom stereocenters. The second-order valence-electron chi connectivity index (χ2n) is 5.79. The zero-order valence-electron chi connectivity index (χ0n) is 13.1. The molecule has 7 heteroatoms. The molecule has 126 valence electrons. The largest absolute Gasteiger partial charge is 0.481 e. The quantitative estimate of drug-likeness (QED) is 0.897. The van der Waals surface area contributed by atoms with E-state index in [2.05, 4.69) is 10.3 Å². The van der Waals surface area contributed by atoms with Crippen molar-refractivity contribution in [2.45, 2.75) is 19.4 Å². The summed E-state index contributed by atoms with van der Waals surface area (Å²) in [6.45, 7) is 1.06. The summed E-state index contributed by atoms with van der Waals surface area (Å²) in [5.41, 5.74) is 1.49. The van der Waals surface area contributed by atoms with Crippen LogP contribution in [0.15, 0.2) is 41.0 Å². The van der Waals surface area contributed by atoms with Crippen molar-refractivity contribution in [3.8, 4) is 11.5 Å². The molecule has 1 aliphatic rings. The molecule has 3 rings (SSSR count). The Morgan fingerprint density at radius 2 is 2.12 bits per heavy atom. The Kier molecular flexibility index (Phi) is 4.79. The highest BCUT2D eigenvalue weighted by atomic mass is 16.4. The SMILES string of the molecule is O=C(O)C1CCCN(C(=O)NCc2coc(-c3ccccc3)n2)C1. The van der Waals surface area contributed by atoms with E-state index in [-0.39, 0.29) is 19.1 Å². The van der Waals surface area contributed by atoms with Gasteiger partial charge in [-0.05, 0) is 25.0 Å². The number of carbonyl (C=O) groups excluding carboxylic acids is 1. The first-order chi connectivity index (χ1) is 11.6. The highest BCUT2D eigenvalue weighted by Crippen LogP contribution is 2.18. The fourth-order valence-electron chi connectivity index (χ4n) is 2.74. The van der Waals surface area contributed by atoms with Gasteiger partial charge in [0.25, 0.3) is 0 Å². The third-order valence-corrected chi connectivity index (χ3v) is 4.05. The molecule has 1 unspecified atom stereocenters. The van der Waals surface area contributed by atoms with Crippen molar-refractivity contribution in [1.29, 1.82) is 0 Å². The Labute approximate surface area is 139 Å². The summed E-state index contributed by atoms with van der Waals surface area (Å²) in [6.07, 6.45) is 2.83. The number of hydrogen-bond acceptors (Lipinski definition) is 4. The minimum absolute atomic E-state index is 0.239. The lowest BCUT2D eigenvalue weighted by Gasteiger charge is -2.30. The lowest BCUT2D eigenvalue weighted by molar-refractivity contribution is -0.143. The predicted octanol–water partition coefficient (Wildman–Crippen LogP) is 2.35. The number of carboxylic acids is 1. The number of rotatable bonds is 4. The number of likely N-dealkylation sites (tertiary alicyclic amines) is 1. The number of carboxylic acid groups (broad SMARTS) is 1. The van der Waals surface area contributed by atoms with E-state index in [9.17, 15) is 9.59 Å². The van der Waals surface area contributed by atoms with Gasteiger partial charge in [0, 0.05) is 18.7 Å². The van der Waals surface area contributed by atoms with Crippen molar-refractivity contribution in [2.75, 3.05) is 13.1 Å². The summed E-state index contributed by atoms with van der Waals surface area (Å²) in [5.74, 6) is -0.832. The number of nitrogens with zero attached hydrogens (tertiary/aromatic N) is 2. The Bertz CT molecular complexity index is 714. The average Bonchev–Trinajstić information content (AvgIpc) is 3.09. The second kappa shape index (κ2) is 7.16. The number of urea groups is 1. The molecule has 24 heavy (non-hydrogen) atoms. The van der Waals surface area contributed by atoms with Crippen molar-refractivity contribution < 1.29 is 19.1 Å². The van der Waals surface area contributed by atoms with E-state index >= 15 is 0 Å². The number of amides is 2. The Morgan fingerprint density at radius 1 is 1.33 bits per heavy atom. The summed E-state index contributed by atoms with van der Waals surface area (Å²) in [7, 11) is 0. The molecule has 1 saturated heterocycles. The van der Waals surface area contributed by atoms with Gasteiger partial charge in [-0.25, -0.2) is 9.78 Å². The Hall–Kier alpha value is -2.83. The van der Waals surface area contributed by atoms with E-state index in [1.165, 1.54) is 6.26 Å². The van der Waals surface area contributed by atoms with Crippen LogP contribution in [0.5, 0.6) is 0 Å². The fourth-order valence-corrected chi connectivity index (χ4v) is 2.74. The molecule has 0 saturated carbocycles. The van der Waals surface area contributed by atoms with Gasteiger partial charge in [0.2, 0.25) is 5.89 Å². The minimum Gasteiger partial charge on any atom is -0.481 e. The molecule has 1 aromatic carbocycles. The molecule has 7 nitrogen and oxygen atoms in total. The fraction of sp³-hybridized carbons (Fsp3) is 0.353. The van der Waals surface area contributed by atoms with Gasteiger partial charge in [0.15, 0.2) is 0 Å².